The Bertz CT molecular complexity index is 1270. The second-order valence-electron chi connectivity index (χ2n) is 11.4. The van der Waals surface area contributed by atoms with Crippen LogP contribution in [0.25, 0.3) is 11.8 Å². The summed E-state index contributed by atoms with van der Waals surface area (Å²) in [4.78, 5) is 13.4. The van der Waals surface area contributed by atoms with Crippen molar-refractivity contribution in [2.45, 2.75) is 78.2 Å². The number of benzene rings is 2. The van der Waals surface area contributed by atoms with Crippen molar-refractivity contribution in [3.05, 3.63) is 89.0 Å². The standard InChI is InChI=1S/C33H40FN3O/c1-4-9-24(10-5-2)32(38)36-30(23-11-7-6-8-12-23)19-26-13-14-27-20-31-25(21-33(26,27)3)22-35-37(31)29-17-15-28(34)16-18-29/h6-8,11-12,15-18,20,22,24,26,30H,4-5,9-10,13-14,19,21H2,1-3H3,(H,36,38). The van der Waals surface area contributed by atoms with Gasteiger partial charge in [-0.25, -0.2) is 9.07 Å². The highest BCUT2D eigenvalue weighted by Crippen LogP contribution is 2.55. The van der Waals surface area contributed by atoms with Gasteiger partial charge in [0.15, 0.2) is 0 Å². The van der Waals surface area contributed by atoms with Gasteiger partial charge >= 0.3 is 0 Å². The first-order valence-electron chi connectivity index (χ1n) is 14.3. The van der Waals surface area contributed by atoms with E-state index in [9.17, 15) is 9.18 Å². The van der Waals surface area contributed by atoms with Gasteiger partial charge in [-0.15, -0.1) is 0 Å². The number of nitrogens with zero attached hydrogens (tertiary/aromatic N) is 2. The molecular weight excluding hydrogens is 473 g/mol. The number of nitrogens with one attached hydrogen (secondary N) is 1. The smallest absolute Gasteiger partial charge is 0.223 e. The summed E-state index contributed by atoms with van der Waals surface area (Å²) in [6, 6.07) is 17.0. The van der Waals surface area contributed by atoms with Gasteiger partial charge in [0.1, 0.15) is 5.82 Å². The highest BCUT2D eigenvalue weighted by molar-refractivity contribution is 5.79. The van der Waals surface area contributed by atoms with Crippen molar-refractivity contribution in [3.63, 3.8) is 0 Å². The van der Waals surface area contributed by atoms with E-state index in [0.29, 0.717) is 5.92 Å². The van der Waals surface area contributed by atoms with Gasteiger partial charge in [0.25, 0.3) is 0 Å². The average molecular weight is 514 g/mol. The molecule has 5 heteroatoms. The van der Waals surface area contributed by atoms with Gasteiger partial charge in [0.05, 0.1) is 23.6 Å². The van der Waals surface area contributed by atoms with Crippen LogP contribution in [0.2, 0.25) is 0 Å². The fraction of sp³-hybridized carbons (Fsp3) is 0.455. The van der Waals surface area contributed by atoms with Crippen molar-refractivity contribution in [3.8, 4) is 5.69 Å². The van der Waals surface area contributed by atoms with Crippen molar-refractivity contribution >= 4 is 12.0 Å². The van der Waals surface area contributed by atoms with Crippen LogP contribution >= 0.6 is 0 Å². The van der Waals surface area contributed by atoms with Crippen LogP contribution in [0.3, 0.4) is 0 Å². The number of carbonyl (C=O) groups excluding carboxylic acids is 1. The summed E-state index contributed by atoms with van der Waals surface area (Å²) in [5, 5.41) is 8.16. The molecule has 200 valence electrons. The lowest BCUT2D eigenvalue weighted by Crippen LogP contribution is -2.37. The number of halogens is 1. The van der Waals surface area contributed by atoms with E-state index in [1.807, 2.05) is 16.9 Å². The number of fused-ring (bicyclic) bond motifs is 2. The Morgan fingerprint density at radius 3 is 2.50 bits per heavy atom. The molecule has 0 saturated heterocycles. The van der Waals surface area contributed by atoms with E-state index in [-0.39, 0.29) is 29.1 Å². The molecule has 1 heterocycles. The summed E-state index contributed by atoms with van der Waals surface area (Å²) in [6.45, 7) is 6.72. The van der Waals surface area contributed by atoms with E-state index < -0.39 is 0 Å². The van der Waals surface area contributed by atoms with E-state index in [2.05, 4.69) is 61.5 Å². The lowest BCUT2D eigenvalue weighted by atomic mass is 9.68. The van der Waals surface area contributed by atoms with Crippen molar-refractivity contribution in [2.75, 3.05) is 0 Å². The Labute approximate surface area is 226 Å². The minimum atomic E-state index is -0.241. The summed E-state index contributed by atoms with van der Waals surface area (Å²) < 4.78 is 15.4. The number of rotatable bonds is 10. The van der Waals surface area contributed by atoms with Gasteiger partial charge in [-0.1, -0.05) is 69.5 Å². The maximum Gasteiger partial charge on any atom is 0.223 e. The minimum Gasteiger partial charge on any atom is -0.349 e. The largest absolute Gasteiger partial charge is 0.349 e. The second-order valence-corrected chi connectivity index (χ2v) is 11.4. The Morgan fingerprint density at radius 2 is 1.82 bits per heavy atom. The van der Waals surface area contributed by atoms with Crippen molar-refractivity contribution < 1.29 is 9.18 Å². The van der Waals surface area contributed by atoms with Gasteiger partial charge in [0, 0.05) is 5.92 Å². The molecule has 0 radical (unpaired) electrons. The van der Waals surface area contributed by atoms with E-state index in [1.165, 1.54) is 28.8 Å². The summed E-state index contributed by atoms with van der Waals surface area (Å²) >= 11 is 0. The Morgan fingerprint density at radius 1 is 1.11 bits per heavy atom. The highest BCUT2D eigenvalue weighted by Gasteiger charge is 2.46. The molecule has 5 rings (SSSR count). The first-order valence-corrected chi connectivity index (χ1v) is 14.3. The molecule has 0 aliphatic heterocycles. The summed E-state index contributed by atoms with van der Waals surface area (Å²) in [7, 11) is 0. The Hall–Kier alpha value is -3.21. The molecule has 3 aromatic rings. The number of hydrogen-bond acceptors (Lipinski definition) is 2. The molecule has 0 bridgehead atoms. The Kier molecular flexibility index (Phi) is 7.83. The van der Waals surface area contributed by atoms with Gasteiger partial charge in [0.2, 0.25) is 5.91 Å². The molecule has 2 aromatic carbocycles. The monoisotopic (exact) mass is 513 g/mol. The molecule has 1 amide bonds. The molecule has 4 nitrogen and oxygen atoms in total. The minimum absolute atomic E-state index is 0.00410. The van der Waals surface area contributed by atoms with Crippen LogP contribution in [0, 0.1) is 23.1 Å². The van der Waals surface area contributed by atoms with Crippen LogP contribution in [-0.4, -0.2) is 15.7 Å². The number of hydrogen-bond donors (Lipinski definition) is 1. The molecule has 3 atom stereocenters. The van der Waals surface area contributed by atoms with Crippen LogP contribution in [0.15, 0.2) is 66.4 Å². The van der Waals surface area contributed by atoms with Gasteiger partial charge in [-0.3, -0.25) is 4.79 Å². The van der Waals surface area contributed by atoms with Crippen molar-refractivity contribution in [2.24, 2.45) is 17.3 Å². The van der Waals surface area contributed by atoms with E-state index in [1.54, 1.807) is 12.1 Å². The topological polar surface area (TPSA) is 46.9 Å². The molecular formula is C33H40FN3O. The van der Waals surface area contributed by atoms with Crippen molar-refractivity contribution in [1.82, 2.24) is 15.1 Å². The first kappa shape index (κ1) is 26.4. The first-order chi connectivity index (χ1) is 18.4. The molecule has 1 aromatic heterocycles. The van der Waals surface area contributed by atoms with Crippen molar-refractivity contribution in [1.29, 1.82) is 0 Å². The zero-order valence-electron chi connectivity index (χ0n) is 22.9. The SMILES string of the molecule is CCCC(CCC)C(=O)NC(CC1CCC2=Cc3c(cnn3-c3ccc(F)cc3)CC21C)c1ccccc1. The predicted octanol–water partition coefficient (Wildman–Crippen LogP) is 7.83. The number of carbonyl (C=O) groups is 1. The number of amides is 1. The average Bonchev–Trinajstić information content (AvgIpc) is 3.47. The fourth-order valence-corrected chi connectivity index (χ4v) is 6.74. The molecule has 1 fully saturated rings. The Balaban J connectivity index is 1.39. The summed E-state index contributed by atoms with van der Waals surface area (Å²) in [6.07, 6.45) is 12.3. The number of allylic oxidation sites excluding steroid dienone is 1. The molecule has 38 heavy (non-hydrogen) atoms. The third-order valence-electron chi connectivity index (χ3n) is 8.91. The molecule has 0 spiro atoms. The maximum atomic E-state index is 13.5. The molecule has 2 aliphatic carbocycles. The van der Waals surface area contributed by atoms with Crippen LogP contribution < -0.4 is 5.32 Å². The van der Waals surface area contributed by atoms with Gasteiger partial charge in [-0.2, -0.15) is 5.10 Å². The summed E-state index contributed by atoms with van der Waals surface area (Å²) in [5.74, 6) is 0.501. The van der Waals surface area contributed by atoms with Crippen LogP contribution in [0.5, 0.6) is 0 Å². The van der Waals surface area contributed by atoms with Gasteiger partial charge < -0.3 is 5.32 Å². The van der Waals surface area contributed by atoms with Gasteiger partial charge in [-0.05, 0) is 91.3 Å². The number of aromatic nitrogens is 2. The lowest BCUT2D eigenvalue weighted by Gasteiger charge is -2.38. The van der Waals surface area contributed by atoms with E-state index in [4.69, 9.17) is 0 Å². The third-order valence-corrected chi connectivity index (χ3v) is 8.91. The van der Waals surface area contributed by atoms with E-state index in [0.717, 1.165) is 62.7 Å². The molecule has 1 N–H and O–H groups in total. The predicted molar refractivity (Wildman–Crippen MR) is 151 cm³/mol. The maximum absolute atomic E-state index is 13.5. The normalized spacial score (nSPS) is 21.1. The third kappa shape index (κ3) is 5.21. The zero-order chi connectivity index (χ0) is 26.7. The molecule has 2 aliphatic rings. The van der Waals surface area contributed by atoms with Crippen LogP contribution in [-0.2, 0) is 11.2 Å². The fourth-order valence-electron chi connectivity index (χ4n) is 6.74. The van der Waals surface area contributed by atoms with Crippen LogP contribution in [0.1, 0.15) is 88.6 Å². The quantitative estimate of drug-likeness (QED) is 0.300. The summed E-state index contributed by atoms with van der Waals surface area (Å²) in [5.41, 5.74) is 5.91. The van der Waals surface area contributed by atoms with E-state index >= 15 is 0 Å². The highest BCUT2D eigenvalue weighted by atomic mass is 19.1. The molecule has 3 unspecified atom stereocenters. The van der Waals surface area contributed by atoms with Crippen LogP contribution in [0.4, 0.5) is 4.39 Å². The zero-order valence-corrected chi connectivity index (χ0v) is 22.9. The lowest BCUT2D eigenvalue weighted by molar-refractivity contribution is -0.126. The second kappa shape index (κ2) is 11.3. The molecule has 1 saturated carbocycles.